The molecule has 1 aliphatic heterocycles. The molecule has 0 spiro atoms. The third-order valence-electron chi connectivity index (χ3n) is 4.82. The minimum Gasteiger partial charge on any atom is -0.388 e. The highest BCUT2D eigenvalue weighted by Crippen LogP contribution is 2.21. The topological polar surface area (TPSA) is 39.6 Å². The second kappa shape index (κ2) is 8.27. The summed E-state index contributed by atoms with van der Waals surface area (Å²) in [5, 5.41) is 10.3. The second-order valence-corrected chi connectivity index (χ2v) is 6.56. The van der Waals surface area contributed by atoms with Gasteiger partial charge >= 0.3 is 0 Å². The Bertz CT molecular complexity index is 632. The van der Waals surface area contributed by atoms with Crippen LogP contribution in [-0.2, 0) is 0 Å². The van der Waals surface area contributed by atoms with Gasteiger partial charge in [-0.25, -0.2) is 0 Å². The van der Waals surface area contributed by atoms with Crippen molar-refractivity contribution in [3.05, 3.63) is 59.9 Å². The third-order valence-corrected chi connectivity index (χ3v) is 4.82. The van der Waals surface area contributed by atoms with Crippen molar-refractivity contribution in [2.75, 3.05) is 37.6 Å². The van der Waals surface area contributed by atoms with E-state index < -0.39 is 0 Å². The number of benzene rings is 1. The van der Waals surface area contributed by atoms with E-state index in [0.29, 0.717) is 0 Å². The van der Waals surface area contributed by atoms with Crippen LogP contribution in [0.1, 0.15) is 30.1 Å². The summed E-state index contributed by atoms with van der Waals surface area (Å²) >= 11 is 0. The highest BCUT2D eigenvalue weighted by atomic mass is 16.3. The first kappa shape index (κ1) is 16.9. The number of aliphatic hydroxyl groups is 1. The van der Waals surface area contributed by atoms with Crippen LogP contribution >= 0.6 is 0 Å². The fraction of sp³-hybridized carbons (Fsp3) is 0.450. The minimum absolute atomic E-state index is 0.368. The van der Waals surface area contributed by atoms with Crippen molar-refractivity contribution in [2.24, 2.45) is 0 Å². The van der Waals surface area contributed by atoms with E-state index in [0.717, 1.165) is 51.1 Å². The van der Waals surface area contributed by atoms with Crippen molar-refractivity contribution >= 4 is 5.69 Å². The molecule has 2 aromatic rings. The molecular formula is C20H27N3O. The zero-order valence-electron chi connectivity index (χ0n) is 14.4. The maximum absolute atomic E-state index is 10.3. The molecule has 4 nitrogen and oxygen atoms in total. The van der Waals surface area contributed by atoms with E-state index in [2.05, 4.69) is 27.8 Å². The maximum atomic E-state index is 10.3. The van der Waals surface area contributed by atoms with Crippen LogP contribution in [-0.4, -0.2) is 47.7 Å². The summed E-state index contributed by atoms with van der Waals surface area (Å²) in [6.45, 7) is 7.33. The van der Waals surface area contributed by atoms with Gasteiger partial charge in [0.15, 0.2) is 0 Å². The highest BCUT2D eigenvalue weighted by molar-refractivity contribution is 5.51. The summed E-state index contributed by atoms with van der Waals surface area (Å²) in [6.07, 6.45) is 5.39. The Labute approximate surface area is 144 Å². The largest absolute Gasteiger partial charge is 0.388 e. The van der Waals surface area contributed by atoms with Crippen LogP contribution in [0, 0.1) is 6.92 Å². The van der Waals surface area contributed by atoms with E-state index in [1.54, 1.807) is 0 Å². The van der Waals surface area contributed by atoms with Gasteiger partial charge < -0.3 is 14.9 Å². The van der Waals surface area contributed by atoms with Crippen LogP contribution < -0.4 is 4.90 Å². The van der Waals surface area contributed by atoms with E-state index in [1.807, 2.05) is 42.7 Å². The van der Waals surface area contributed by atoms with Gasteiger partial charge in [-0.2, -0.15) is 0 Å². The summed E-state index contributed by atoms with van der Waals surface area (Å²) in [7, 11) is 0. The fourth-order valence-electron chi connectivity index (χ4n) is 3.40. The second-order valence-electron chi connectivity index (χ2n) is 6.56. The SMILES string of the molecule is Cc1cnccc1N1CCCN(CC[C@@H](O)c2ccccc2)CC1. The standard InChI is InChI=1S/C20H27N3O/c1-17-16-21-10-8-19(17)23-12-5-11-22(14-15-23)13-9-20(24)18-6-3-2-4-7-18/h2-4,6-8,10,16,20,24H,5,9,11-15H2,1H3/t20-/m1/s1. The molecule has 24 heavy (non-hydrogen) atoms. The van der Waals surface area contributed by atoms with Crippen LogP contribution in [0.3, 0.4) is 0 Å². The first-order valence-electron chi connectivity index (χ1n) is 8.85. The lowest BCUT2D eigenvalue weighted by molar-refractivity contribution is 0.144. The number of nitrogens with zero attached hydrogens (tertiary/aromatic N) is 3. The molecule has 1 aliphatic rings. The van der Waals surface area contributed by atoms with Crippen LogP contribution in [0.5, 0.6) is 0 Å². The van der Waals surface area contributed by atoms with Crippen LogP contribution in [0.2, 0.25) is 0 Å². The summed E-state index contributed by atoms with van der Waals surface area (Å²) in [4.78, 5) is 9.13. The zero-order valence-corrected chi connectivity index (χ0v) is 14.4. The van der Waals surface area contributed by atoms with Gasteiger partial charge in [-0.3, -0.25) is 4.98 Å². The molecule has 0 bridgehead atoms. The minimum atomic E-state index is -0.368. The summed E-state index contributed by atoms with van der Waals surface area (Å²) in [6, 6.07) is 12.1. The Balaban J connectivity index is 1.52. The van der Waals surface area contributed by atoms with Crippen LogP contribution in [0.25, 0.3) is 0 Å². The summed E-state index contributed by atoms with van der Waals surface area (Å²) < 4.78 is 0. The van der Waals surface area contributed by atoms with Gasteiger partial charge in [0.2, 0.25) is 0 Å². The molecule has 3 rings (SSSR count). The van der Waals surface area contributed by atoms with Gasteiger partial charge in [0.25, 0.3) is 0 Å². The number of hydrogen-bond acceptors (Lipinski definition) is 4. The fourth-order valence-corrected chi connectivity index (χ4v) is 3.40. The van der Waals surface area contributed by atoms with Gasteiger partial charge in [0.1, 0.15) is 0 Å². The van der Waals surface area contributed by atoms with Crippen molar-refractivity contribution in [1.82, 2.24) is 9.88 Å². The Morgan fingerprint density at radius 3 is 2.71 bits per heavy atom. The number of rotatable bonds is 5. The molecule has 2 heterocycles. The molecule has 4 heteroatoms. The number of aromatic nitrogens is 1. The van der Waals surface area contributed by atoms with Crippen molar-refractivity contribution in [3.8, 4) is 0 Å². The first-order valence-corrected chi connectivity index (χ1v) is 8.85. The lowest BCUT2D eigenvalue weighted by Gasteiger charge is -2.25. The third kappa shape index (κ3) is 4.34. The molecule has 1 N–H and O–H groups in total. The maximum Gasteiger partial charge on any atom is 0.0802 e. The molecule has 1 aromatic carbocycles. The monoisotopic (exact) mass is 325 g/mol. The Morgan fingerprint density at radius 1 is 1.08 bits per heavy atom. The average molecular weight is 325 g/mol. The number of pyridine rings is 1. The molecule has 0 radical (unpaired) electrons. The number of aryl methyl sites for hydroxylation is 1. The molecule has 0 unspecified atom stereocenters. The van der Waals surface area contributed by atoms with Gasteiger partial charge in [-0.1, -0.05) is 30.3 Å². The number of aliphatic hydroxyl groups excluding tert-OH is 1. The van der Waals surface area contributed by atoms with E-state index >= 15 is 0 Å². The van der Waals surface area contributed by atoms with Crippen molar-refractivity contribution in [1.29, 1.82) is 0 Å². The summed E-state index contributed by atoms with van der Waals surface area (Å²) in [5.41, 5.74) is 3.56. The smallest absolute Gasteiger partial charge is 0.0802 e. The quantitative estimate of drug-likeness (QED) is 0.917. The van der Waals surface area contributed by atoms with Crippen molar-refractivity contribution < 1.29 is 5.11 Å². The normalized spacial score (nSPS) is 17.5. The van der Waals surface area contributed by atoms with Crippen LogP contribution in [0.4, 0.5) is 5.69 Å². The predicted octanol–water partition coefficient (Wildman–Crippen LogP) is 3.03. The predicted molar refractivity (Wildman–Crippen MR) is 98.3 cm³/mol. The molecule has 1 atom stereocenters. The van der Waals surface area contributed by atoms with Crippen molar-refractivity contribution in [2.45, 2.75) is 25.9 Å². The van der Waals surface area contributed by atoms with Gasteiger partial charge in [0, 0.05) is 44.3 Å². The Hall–Kier alpha value is -1.91. The number of hydrogen-bond donors (Lipinski definition) is 1. The van der Waals surface area contributed by atoms with E-state index in [-0.39, 0.29) is 6.10 Å². The number of anilines is 1. The Kier molecular flexibility index (Phi) is 5.83. The zero-order chi connectivity index (χ0) is 16.8. The molecule has 0 aliphatic carbocycles. The van der Waals surface area contributed by atoms with E-state index in [1.165, 1.54) is 11.3 Å². The van der Waals surface area contributed by atoms with E-state index in [4.69, 9.17) is 0 Å². The van der Waals surface area contributed by atoms with Crippen LogP contribution in [0.15, 0.2) is 48.8 Å². The highest BCUT2D eigenvalue weighted by Gasteiger charge is 2.17. The summed E-state index contributed by atoms with van der Waals surface area (Å²) in [5.74, 6) is 0. The molecule has 1 fully saturated rings. The van der Waals surface area contributed by atoms with Crippen molar-refractivity contribution in [3.63, 3.8) is 0 Å². The Morgan fingerprint density at radius 2 is 1.92 bits per heavy atom. The van der Waals surface area contributed by atoms with E-state index in [9.17, 15) is 5.11 Å². The molecule has 128 valence electrons. The molecule has 0 saturated carbocycles. The van der Waals surface area contributed by atoms with Gasteiger partial charge in [0.05, 0.1) is 6.10 Å². The van der Waals surface area contributed by atoms with Gasteiger partial charge in [-0.15, -0.1) is 0 Å². The first-order chi connectivity index (χ1) is 11.7. The lowest BCUT2D eigenvalue weighted by atomic mass is 10.1. The average Bonchev–Trinajstić information content (AvgIpc) is 2.86. The molecule has 1 saturated heterocycles. The molecular weight excluding hydrogens is 298 g/mol. The molecule has 0 amide bonds. The molecule has 1 aromatic heterocycles. The lowest BCUT2D eigenvalue weighted by Crippen LogP contribution is -2.32. The van der Waals surface area contributed by atoms with Gasteiger partial charge in [-0.05, 0) is 43.5 Å².